The summed E-state index contributed by atoms with van der Waals surface area (Å²) in [5.41, 5.74) is 3.87. The maximum atomic E-state index is 12.4. The first-order valence-corrected chi connectivity index (χ1v) is 10.7. The van der Waals surface area contributed by atoms with E-state index in [2.05, 4.69) is 10.3 Å². The maximum Gasteiger partial charge on any atom is 0.257 e. The first kappa shape index (κ1) is 20.6. The van der Waals surface area contributed by atoms with Gasteiger partial charge in [-0.25, -0.2) is 4.98 Å². The van der Waals surface area contributed by atoms with Gasteiger partial charge in [-0.15, -0.1) is 0 Å². The highest BCUT2D eigenvalue weighted by Gasteiger charge is 2.18. The molecule has 5 nitrogen and oxygen atoms in total. The van der Waals surface area contributed by atoms with Crippen molar-refractivity contribution in [3.05, 3.63) is 90.5 Å². The Morgan fingerprint density at radius 2 is 1.48 bits per heavy atom. The van der Waals surface area contributed by atoms with E-state index in [-0.39, 0.29) is 17.4 Å². The zero-order valence-corrected chi connectivity index (χ0v) is 17.7. The largest absolute Gasteiger partial charge is 0.431 e. The number of rotatable bonds is 7. The maximum absolute atomic E-state index is 12.4. The van der Waals surface area contributed by atoms with E-state index in [1.165, 1.54) is 18.7 Å². The van der Waals surface area contributed by atoms with Gasteiger partial charge in [0.1, 0.15) is 5.69 Å². The lowest BCUT2D eigenvalue weighted by Gasteiger charge is -2.04. The number of ketones is 1. The summed E-state index contributed by atoms with van der Waals surface area (Å²) >= 11 is 1.24. The fourth-order valence-electron chi connectivity index (χ4n) is 3.05. The Hall–Kier alpha value is -3.64. The standard InChI is InChI=1S/C25H20N2O3S/c1-17(28)18-12-14-21(15-13-18)26-22(29)16-31-25-27-23(19-8-4-2-5-9-19)24(30-25)20-10-6-3-7-11-20/h2-15H,16H2,1H3,(H,26,29). The van der Waals surface area contributed by atoms with Crippen molar-refractivity contribution in [3.8, 4) is 22.6 Å². The molecule has 0 aliphatic heterocycles. The van der Waals surface area contributed by atoms with Gasteiger partial charge in [0, 0.05) is 22.4 Å². The predicted octanol–water partition coefficient (Wildman–Crippen LogP) is 5.94. The van der Waals surface area contributed by atoms with Gasteiger partial charge in [-0.3, -0.25) is 9.59 Å². The minimum absolute atomic E-state index is 0.0132. The van der Waals surface area contributed by atoms with E-state index >= 15 is 0 Å². The minimum Gasteiger partial charge on any atom is -0.431 e. The van der Waals surface area contributed by atoms with Gasteiger partial charge in [-0.2, -0.15) is 0 Å². The van der Waals surface area contributed by atoms with E-state index in [4.69, 9.17) is 4.42 Å². The molecule has 1 heterocycles. The molecule has 6 heteroatoms. The van der Waals surface area contributed by atoms with Crippen molar-refractivity contribution in [2.75, 3.05) is 11.1 Å². The van der Waals surface area contributed by atoms with E-state index in [0.29, 0.717) is 22.2 Å². The molecule has 0 atom stereocenters. The summed E-state index contributed by atoms with van der Waals surface area (Å²) in [5.74, 6) is 0.633. The second-order valence-electron chi connectivity index (χ2n) is 6.86. The van der Waals surface area contributed by atoms with Crippen molar-refractivity contribution < 1.29 is 14.0 Å². The van der Waals surface area contributed by atoms with Gasteiger partial charge < -0.3 is 9.73 Å². The fourth-order valence-corrected chi connectivity index (χ4v) is 3.68. The van der Waals surface area contributed by atoms with Crippen LogP contribution in [0.25, 0.3) is 22.6 Å². The van der Waals surface area contributed by atoms with E-state index < -0.39 is 0 Å². The number of nitrogens with one attached hydrogen (secondary N) is 1. The number of nitrogens with zero attached hydrogens (tertiary/aromatic N) is 1. The average molecular weight is 429 g/mol. The third-order valence-electron chi connectivity index (χ3n) is 4.59. The van der Waals surface area contributed by atoms with E-state index in [0.717, 1.165) is 16.8 Å². The number of amides is 1. The van der Waals surface area contributed by atoms with Crippen LogP contribution in [-0.2, 0) is 4.79 Å². The monoisotopic (exact) mass is 428 g/mol. The molecular formula is C25H20N2O3S. The first-order valence-electron chi connectivity index (χ1n) is 9.75. The summed E-state index contributed by atoms with van der Waals surface area (Å²) in [6.45, 7) is 1.51. The summed E-state index contributed by atoms with van der Waals surface area (Å²) in [6, 6.07) is 26.4. The molecule has 154 valence electrons. The van der Waals surface area contributed by atoms with Gasteiger partial charge in [0.05, 0.1) is 5.75 Å². The summed E-state index contributed by atoms with van der Waals surface area (Å²) < 4.78 is 6.03. The Morgan fingerprint density at radius 1 is 0.871 bits per heavy atom. The SMILES string of the molecule is CC(=O)c1ccc(NC(=O)CSc2nc(-c3ccccc3)c(-c3ccccc3)o2)cc1. The van der Waals surface area contributed by atoms with Gasteiger partial charge in [0.2, 0.25) is 5.91 Å². The normalized spacial score (nSPS) is 10.6. The first-order chi connectivity index (χ1) is 15.1. The van der Waals surface area contributed by atoms with Gasteiger partial charge in [0.15, 0.2) is 11.5 Å². The highest BCUT2D eigenvalue weighted by molar-refractivity contribution is 7.99. The van der Waals surface area contributed by atoms with Crippen LogP contribution in [0.1, 0.15) is 17.3 Å². The lowest BCUT2D eigenvalue weighted by Crippen LogP contribution is -2.14. The third-order valence-corrected chi connectivity index (χ3v) is 5.42. The Kier molecular flexibility index (Phi) is 6.29. The zero-order chi connectivity index (χ0) is 21.6. The molecule has 0 aliphatic rings. The second-order valence-corrected chi connectivity index (χ2v) is 7.79. The van der Waals surface area contributed by atoms with Crippen LogP contribution < -0.4 is 5.32 Å². The number of Topliss-reactive ketones (excluding diaryl/α,β-unsaturated/α-hetero) is 1. The molecule has 4 rings (SSSR count). The third kappa shape index (κ3) is 5.10. The number of oxazole rings is 1. The number of aromatic nitrogens is 1. The van der Waals surface area contributed by atoms with Crippen LogP contribution in [0.15, 0.2) is 94.6 Å². The Balaban J connectivity index is 1.49. The van der Waals surface area contributed by atoms with Crippen LogP contribution in [0.2, 0.25) is 0 Å². The highest BCUT2D eigenvalue weighted by Crippen LogP contribution is 2.35. The van der Waals surface area contributed by atoms with Crippen LogP contribution in [0, 0.1) is 0 Å². The van der Waals surface area contributed by atoms with Crippen molar-refractivity contribution in [2.45, 2.75) is 12.1 Å². The number of carbonyl (C=O) groups is 2. The number of anilines is 1. The van der Waals surface area contributed by atoms with Gasteiger partial charge in [-0.05, 0) is 31.2 Å². The molecule has 0 spiro atoms. The number of benzene rings is 3. The molecule has 1 amide bonds. The summed E-state index contributed by atoms with van der Waals surface area (Å²) in [6.07, 6.45) is 0. The number of hydrogen-bond acceptors (Lipinski definition) is 5. The topological polar surface area (TPSA) is 72.2 Å². The van der Waals surface area contributed by atoms with Crippen LogP contribution in [-0.4, -0.2) is 22.4 Å². The van der Waals surface area contributed by atoms with Crippen LogP contribution in [0.3, 0.4) is 0 Å². The highest BCUT2D eigenvalue weighted by atomic mass is 32.2. The van der Waals surface area contributed by atoms with Gasteiger partial charge in [-0.1, -0.05) is 72.4 Å². The summed E-state index contributed by atoms with van der Waals surface area (Å²) in [7, 11) is 0. The van der Waals surface area contributed by atoms with Crippen molar-refractivity contribution >= 4 is 29.1 Å². The number of thioether (sulfide) groups is 1. The van der Waals surface area contributed by atoms with E-state index in [1.807, 2.05) is 60.7 Å². The molecule has 0 saturated carbocycles. The molecule has 1 aromatic heterocycles. The van der Waals surface area contributed by atoms with Crippen molar-refractivity contribution in [1.82, 2.24) is 4.98 Å². The number of carbonyl (C=O) groups excluding carboxylic acids is 2. The van der Waals surface area contributed by atoms with Crippen molar-refractivity contribution in [2.24, 2.45) is 0 Å². The Morgan fingerprint density at radius 3 is 2.10 bits per heavy atom. The van der Waals surface area contributed by atoms with Crippen LogP contribution >= 0.6 is 11.8 Å². The minimum atomic E-state index is -0.179. The average Bonchev–Trinajstić information content (AvgIpc) is 3.24. The van der Waals surface area contributed by atoms with E-state index in [9.17, 15) is 9.59 Å². The molecule has 4 aromatic rings. The quantitative estimate of drug-likeness (QED) is 0.291. The summed E-state index contributed by atoms with van der Waals surface area (Å²) in [4.78, 5) is 28.4. The number of hydrogen-bond donors (Lipinski definition) is 1. The van der Waals surface area contributed by atoms with Crippen LogP contribution in [0.5, 0.6) is 0 Å². The van der Waals surface area contributed by atoms with Gasteiger partial charge in [0.25, 0.3) is 5.22 Å². The molecule has 0 saturated heterocycles. The molecule has 0 radical (unpaired) electrons. The molecule has 0 fully saturated rings. The fraction of sp³-hybridized carbons (Fsp3) is 0.0800. The summed E-state index contributed by atoms with van der Waals surface area (Å²) in [5, 5.41) is 3.25. The molecule has 1 N–H and O–H groups in total. The molecule has 0 bridgehead atoms. The molecular weight excluding hydrogens is 408 g/mol. The zero-order valence-electron chi connectivity index (χ0n) is 16.9. The molecule has 31 heavy (non-hydrogen) atoms. The Bertz CT molecular complexity index is 1130. The van der Waals surface area contributed by atoms with Gasteiger partial charge >= 0.3 is 0 Å². The molecule has 0 aliphatic carbocycles. The lowest BCUT2D eigenvalue weighted by molar-refractivity contribution is -0.113. The predicted molar refractivity (Wildman–Crippen MR) is 123 cm³/mol. The Labute approximate surface area is 184 Å². The molecule has 3 aromatic carbocycles. The smallest absolute Gasteiger partial charge is 0.257 e. The second kappa shape index (κ2) is 9.45. The van der Waals surface area contributed by atoms with Crippen molar-refractivity contribution in [3.63, 3.8) is 0 Å². The molecule has 0 unspecified atom stereocenters. The van der Waals surface area contributed by atoms with Crippen molar-refractivity contribution in [1.29, 1.82) is 0 Å². The van der Waals surface area contributed by atoms with E-state index in [1.54, 1.807) is 24.3 Å². The lowest BCUT2D eigenvalue weighted by atomic mass is 10.1. The van der Waals surface area contributed by atoms with Crippen LogP contribution in [0.4, 0.5) is 5.69 Å².